The minimum Gasteiger partial charge on any atom is -0.466 e. The number of nitrogen functional groups attached to an aromatic ring is 1. The van der Waals surface area contributed by atoms with Crippen molar-refractivity contribution in [2.24, 2.45) is 5.84 Å². The van der Waals surface area contributed by atoms with E-state index >= 15 is 0 Å². The molecule has 1 aromatic rings. The zero-order valence-corrected chi connectivity index (χ0v) is 12.3. The summed E-state index contributed by atoms with van der Waals surface area (Å²) in [6, 6.07) is 0. The number of carbonyl (C=O) groups is 1. The monoisotopic (exact) mass is 281 g/mol. The number of anilines is 2. The van der Waals surface area contributed by atoms with Crippen molar-refractivity contribution >= 4 is 17.6 Å². The molecular formula is C13H23N5O2. The zero-order chi connectivity index (χ0) is 15.0. The van der Waals surface area contributed by atoms with Crippen LogP contribution in [0.3, 0.4) is 0 Å². The molecule has 0 atom stereocenters. The quantitative estimate of drug-likeness (QED) is 0.286. The van der Waals surface area contributed by atoms with Crippen LogP contribution in [0.2, 0.25) is 0 Å². The number of ether oxygens (including phenoxy) is 1. The van der Waals surface area contributed by atoms with Crippen LogP contribution in [0.15, 0.2) is 0 Å². The van der Waals surface area contributed by atoms with E-state index in [2.05, 4.69) is 20.7 Å². The fourth-order valence-electron chi connectivity index (χ4n) is 1.71. The van der Waals surface area contributed by atoms with E-state index in [0.717, 1.165) is 23.6 Å². The van der Waals surface area contributed by atoms with Crippen LogP contribution in [0.5, 0.6) is 0 Å². The van der Waals surface area contributed by atoms with Crippen LogP contribution in [0.4, 0.5) is 11.6 Å². The van der Waals surface area contributed by atoms with Crippen molar-refractivity contribution in [3.05, 3.63) is 11.4 Å². The number of rotatable bonds is 8. The maximum atomic E-state index is 11.2. The van der Waals surface area contributed by atoms with Gasteiger partial charge in [-0.25, -0.2) is 15.8 Å². The van der Waals surface area contributed by atoms with Crippen molar-refractivity contribution in [1.82, 2.24) is 9.97 Å². The lowest BCUT2D eigenvalue weighted by Crippen LogP contribution is -2.15. The second-order valence-electron chi connectivity index (χ2n) is 4.30. The van der Waals surface area contributed by atoms with Gasteiger partial charge in [-0.05, 0) is 20.3 Å². The third-order valence-corrected chi connectivity index (χ3v) is 2.80. The summed E-state index contributed by atoms with van der Waals surface area (Å²) in [5.41, 5.74) is 3.43. The lowest BCUT2D eigenvalue weighted by molar-refractivity contribution is -0.143. The molecule has 4 N–H and O–H groups in total. The number of aromatic nitrogens is 2. The fourth-order valence-corrected chi connectivity index (χ4v) is 1.71. The molecule has 0 unspecified atom stereocenters. The Morgan fingerprint density at radius 3 is 2.60 bits per heavy atom. The Morgan fingerprint density at radius 2 is 2.00 bits per heavy atom. The van der Waals surface area contributed by atoms with Gasteiger partial charge in [0, 0.05) is 24.9 Å². The van der Waals surface area contributed by atoms with Crippen LogP contribution in [0, 0.1) is 6.92 Å². The Labute approximate surface area is 119 Å². The first kappa shape index (κ1) is 16.2. The van der Waals surface area contributed by atoms with Crippen molar-refractivity contribution in [3.63, 3.8) is 0 Å². The average Bonchev–Trinajstić information content (AvgIpc) is 2.45. The SMILES string of the molecule is CCOC(=O)CCCNc1nc(CC)nc(NN)c1C. The van der Waals surface area contributed by atoms with E-state index < -0.39 is 0 Å². The number of hydrazine groups is 1. The molecule has 0 bridgehead atoms. The van der Waals surface area contributed by atoms with Crippen molar-refractivity contribution in [3.8, 4) is 0 Å². The topological polar surface area (TPSA) is 102 Å². The second-order valence-corrected chi connectivity index (χ2v) is 4.30. The number of esters is 1. The number of carbonyl (C=O) groups excluding carboxylic acids is 1. The Kier molecular flexibility index (Phi) is 6.72. The molecule has 0 fully saturated rings. The first-order valence-corrected chi connectivity index (χ1v) is 6.85. The Morgan fingerprint density at radius 1 is 1.30 bits per heavy atom. The summed E-state index contributed by atoms with van der Waals surface area (Å²) in [7, 11) is 0. The predicted octanol–water partition coefficient (Wildman–Crippen LogP) is 1.39. The molecule has 0 aliphatic heterocycles. The van der Waals surface area contributed by atoms with Gasteiger partial charge < -0.3 is 15.5 Å². The summed E-state index contributed by atoms with van der Waals surface area (Å²) in [5, 5.41) is 3.21. The molecule has 20 heavy (non-hydrogen) atoms. The van der Waals surface area contributed by atoms with E-state index in [1.807, 2.05) is 13.8 Å². The smallest absolute Gasteiger partial charge is 0.305 e. The first-order valence-electron chi connectivity index (χ1n) is 6.85. The van der Waals surface area contributed by atoms with Crippen molar-refractivity contribution < 1.29 is 9.53 Å². The van der Waals surface area contributed by atoms with Gasteiger partial charge in [-0.2, -0.15) is 0 Å². The highest BCUT2D eigenvalue weighted by atomic mass is 16.5. The predicted molar refractivity (Wildman–Crippen MR) is 78.3 cm³/mol. The standard InChI is InChI=1S/C13H23N5O2/c1-4-10-16-12(9(3)13(17-10)18-14)15-8-6-7-11(19)20-5-2/h4-8,14H2,1-3H3,(H2,15,16,17,18). The van der Waals surface area contributed by atoms with E-state index in [1.54, 1.807) is 6.92 Å². The molecule has 0 spiro atoms. The number of nitrogens with one attached hydrogen (secondary N) is 2. The van der Waals surface area contributed by atoms with Crippen LogP contribution in [-0.2, 0) is 16.0 Å². The molecule has 1 rings (SSSR count). The lowest BCUT2D eigenvalue weighted by Gasteiger charge is -2.13. The van der Waals surface area contributed by atoms with Gasteiger partial charge in [0.2, 0.25) is 0 Å². The van der Waals surface area contributed by atoms with Crippen LogP contribution in [-0.4, -0.2) is 29.1 Å². The van der Waals surface area contributed by atoms with E-state index in [0.29, 0.717) is 31.8 Å². The second kappa shape index (κ2) is 8.31. The summed E-state index contributed by atoms with van der Waals surface area (Å²) < 4.78 is 4.87. The minimum atomic E-state index is -0.174. The number of aryl methyl sites for hydroxylation is 1. The van der Waals surface area contributed by atoms with Crippen LogP contribution >= 0.6 is 0 Å². The van der Waals surface area contributed by atoms with E-state index in [4.69, 9.17) is 10.6 Å². The molecular weight excluding hydrogens is 258 g/mol. The Hall–Kier alpha value is -1.89. The molecule has 0 aliphatic rings. The van der Waals surface area contributed by atoms with Gasteiger partial charge in [0.25, 0.3) is 0 Å². The molecule has 112 valence electrons. The third-order valence-electron chi connectivity index (χ3n) is 2.80. The summed E-state index contributed by atoms with van der Waals surface area (Å²) in [6.45, 7) is 6.73. The van der Waals surface area contributed by atoms with E-state index in [1.165, 1.54) is 0 Å². The molecule has 0 aliphatic carbocycles. The van der Waals surface area contributed by atoms with Crippen LogP contribution in [0.1, 0.15) is 38.1 Å². The van der Waals surface area contributed by atoms with Crippen molar-refractivity contribution in [2.75, 3.05) is 23.9 Å². The number of nitrogens with two attached hydrogens (primary N) is 1. The summed E-state index contributed by atoms with van der Waals surface area (Å²) in [5.74, 6) is 7.35. The van der Waals surface area contributed by atoms with Gasteiger partial charge in [0.1, 0.15) is 17.5 Å². The van der Waals surface area contributed by atoms with Gasteiger partial charge in [0.15, 0.2) is 0 Å². The molecule has 0 amide bonds. The normalized spacial score (nSPS) is 10.2. The van der Waals surface area contributed by atoms with Gasteiger partial charge in [-0.15, -0.1) is 0 Å². The maximum Gasteiger partial charge on any atom is 0.305 e. The molecule has 0 aromatic carbocycles. The Balaban J connectivity index is 2.57. The molecule has 1 heterocycles. The summed E-state index contributed by atoms with van der Waals surface area (Å²) in [6.07, 6.45) is 1.81. The molecule has 0 saturated heterocycles. The average molecular weight is 281 g/mol. The zero-order valence-electron chi connectivity index (χ0n) is 12.3. The van der Waals surface area contributed by atoms with Crippen LogP contribution < -0.4 is 16.6 Å². The third kappa shape index (κ3) is 4.65. The number of nitrogens with zero attached hydrogens (tertiary/aromatic N) is 2. The highest BCUT2D eigenvalue weighted by Crippen LogP contribution is 2.19. The fraction of sp³-hybridized carbons (Fsp3) is 0.615. The molecule has 0 saturated carbocycles. The number of hydrogen-bond acceptors (Lipinski definition) is 7. The largest absolute Gasteiger partial charge is 0.466 e. The lowest BCUT2D eigenvalue weighted by atomic mass is 10.2. The van der Waals surface area contributed by atoms with Crippen molar-refractivity contribution in [2.45, 2.75) is 40.0 Å². The number of hydrogen-bond donors (Lipinski definition) is 3. The summed E-state index contributed by atoms with van der Waals surface area (Å²) >= 11 is 0. The summed E-state index contributed by atoms with van der Waals surface area (Å²) in [4.78, 5) is 19.9. The van der Waals surface area contributed by atoms with E-state index in [9.17, 15) is 4.79 Å². The van der Waals surface area contributed by atoms with Crippen molar-refractivity contribution in [1.29, 1.82) is 0 Å². The Bertz CT molecular complexity index is 451. The maximum absolute atomic E-state index is 11.2. The van der Waals surface area contributed by atoms with Crippen LogP contribution in [0.25, 0.3) is 0 Å². The molecule has 0 radical (unpaired) electrons. The minimum absolute atomic E-state index is 0.174. The van der Waals surface area contributed by atoms with Gasteiger partial charge in [-0.1, -0.05) is 6.92 Å². The highest BCUT2D eigenvalue weighted by Gasteiger charge is 2.09. The van der Waals surface area contributed by atoms with E-state index in [-0.39, 0.29) is 5.97 Å². The molecule has 7 nitrogen and oxygen atoms in total. The van der Waals surface area contributed by atoms with Gasteiger partial charge in [-0.3, -0.25) is 4.79 Å². The highest BCUT2D eigenvalue weighted by molar-refractivity contribution is 5.69. The van der Waals surface area contributed by atoms with Gasteiger partial charge in [0.05, 0.1) is 6.61 Å². The molecule has 7 heteroatoms. The molecule has 1 aromatic heterocycles. The first-order chi connectivity index (χ1) is 9.62. The van der Waals surface area contributed by atoms with Gasteiger partial charge >= 0.3 is 5.97 Å².